The first-order valence-electron chi connectivity index (χ1n) is 26.2. The second-order valence-corrected chi connectivity index (χ2v) is 19.1. The van der Waals surface area contributed by atoms with Gasteiger partial charge in [0, 0.05) is 62.8 Å². The standard InChI is InChI=1S/C53H75NO13/c1-3-5-18-36(4-2)35-54-39-33-38(62-43-19-6-12-25-56-43)34-40(63-44-20-7-13-26-57-44)49(39)51(55)53(67-48-24-11-17-30-61-48)50(54)37-31-41(64-45-21-8-14-27-58-45)52(66-47-23-10-16-29-60-47)42(32-37)65-46-22-9-15-28-59-46/h31-34,36,43-48H,3-30,35H2,1-2H3. The summed E-state index contributed by atoms with van der Waals surface area (Å²) in [6.07, 6.45) is 16.9. The smallest absolute Gasteiger partial charge is 0.235 e. The molecule has 14 heteroatoms. The zero-order chi connectivity index (χ0) is 45.8. The number of unbranched alkanes of at least 4 members (excludes halogenated alkanes) is 1. The molecule has 7 unspecified atom stereocenters. The Morgan fingerprint density at radius 3 is 1.39 bits per heavy atom. The summed E-state index contributed by atoms with van der Waals surface area (Å²) in [5, 5.41) is 0.402. The molecule has 9 rings (SSSR count). The SMILES string of the molecule is CCCCC(CC)Cn1c(-c2cc(OC3CCCCO3)c(OC3CCCCO3)c(OC3CCCCO3)c2)c(OC2CCCCO2)c(=O)c2c(OC3CCCCO3)cc(OC3CCCCO3)cc21. The summed E-state index contributed by atoms with van der Waals surface area (Å²) in [7, 11) is 0. The number of benzene rings is 2. The Morgan fingerprint density at radius 2 is 0.955 bits per heavy atom. The van der Waals surface area contributed by atoms with E-state index in [2.05, 4.69) is 18.4 Å². The van der Waals surface area contributed by atoms with Gasteiger partial charge in [-0.2, -0.15) is 0 Å². The van der Waals surface area contributed by atoms with Crippen LogP contribution in [-0.4, -0.2) is 81.9 Å². The number of hydrogen-bond acceptors (Lipinski definition) is 13. The Morgan fingerprint density at radius 1 is 0.522 bits per heavy atom. The molecule has 0 N–H and O–H groups in total. The molecule has 0 saturated carbocycles. The maximum Gasteiger partial charge on any atom is 0.235 e. The highest BCUT2D eigenvalue weighted by molar-refractivity contribution is 5.92. The Hall–Kier alpha value is -3.79. The van der Waals surface area contributed by atoms with E-state index in [4.69, 9.17) is 56.8 Å². The molecule has 370 valence electrons. The molecule has 6 fully saturated rings. The van der Waals surface area contributed by atoms with Crippen LogP contribution < -0.4 is 33.8 Å². The summed E-state index contributed by atoms with van der Waals surface area (Å²) in [5.74, 6) is 2.68. The summed E-state index contributed by atoms with van der Waals surface area (Å²) < 4.78 is 80.4. The highest BCUT2D eigenvalue weighted by Gasteiger charge is 2.33. The van der Waals surface area contributed by atoms with E-state index in [-0.39, 0.29) is 17.1 Å². The molecular formula is C53H75NO13. The van der Waals surface area contributed by atoms with E-state index in [1.807, 2.05) is 24.3 Å². The van der Waals surface area contributed by atoms with Gasteiger partial charge in [-0.25, -0.2) is 0 Å². The zero-order valence-electron chi connectivity index (χ0n) is 40.1. The van der Waals surface area contributed by atoms with Gasteiger partial charge in [0.25, 0.3) is 0 Å². The fraction of sp³-hybridized carbons (Fsp3) is 0.717. The summed E-state index contributed by atoms with van der Waals surface area (Å²) in [5.41, 5.74) is 1.59. The number of fused-ring (bicyclic) bond motifs is 1. The second kappa shape index (κ2) is 24.2. The summed E-state index contributed by atoms with van der Waals surface area (Å²) in [4.78, 5) is 15.8. The number of aromatic nitrogens is 1. The van der Waals surface area contributed by atoms with Gasteiger partial charge in [-0.3, -0.25) is 4.79 Å². The van der Waals surface area contributed by atoms with Gasteiger partial charge in [0.05, 0.1) is 56.2 Å². The maximum atomic E-state index is 15.8. The van der Waals surface area contributed by atoms with E-state index in [0.29, 0.717) is 110 Å². The monoisotopic (exact) mass is 934 g/mol. The normalized spacial score (nSPS) is 26.7. The van der Waals surface area contributed by atoms with Gasteiger partial charge in [-0.05, 0) is 102 Å². The van der Waals surface area contributed by atoms with Crippen molar-refractivity contribution >= 4 is 10.9 Å². The Bertz CT molecular complexity index is 2030. The molecule has 0 amide bonds. The molecule has 0 bridgehead atoms. The van der Waals surface area contributed by atoms with Crippen LogP contribution in [0.2, 0.25) is 0 Å². The predicted octanol–water partition coefficient (Wildman–Crippen LogP) is 11.3. The maximum absolute atomic E-state index is 15.8. The molecule has 67 heavy (non-hydrogen) atoms. The van der Waals surface area contributed by atoms with Crippen molar-refractivity contribution in [3.05, 3.63) is 34.5 Å². The van der Waals surface area contributed by atoms with Crippen LogP contribution >= 0.6 is 0 Å². The largest absolute Gasteiger partial charge is 0.465 e. The fourth-order valence-electron chi connectivity index (χ4n) is 10.1. The minimum absolute atomic E-state index is 0.174. The third-order valence-corrected chi connectivity index (χ3v) is 13.9. The van der Waals surface area contributed by atoms with Gasteiger partial charge in [0.15, 0.2) is 55.0 Å². The molecule has 7 atom stereocenters. The first-order valence-corrected chi connectivity index (χ1v) is 26.2. The van der Waals surface area contributed by atoms with Crippen molar-refractivity contribution in [1.29, 1.82) is 0 Å². The summed E-state index contributed by atoms with van der Waals surface area (Å²) in [6.45, 7) is 8.61. The third-order valence-electron chi connectivity index (χ3n) is 13.9. The van der Waals surface area contributed by atoms with Gasteiger partial charge >= 0.3 is 0 Å². The molecule has 14 nitrogen and oxygen atoms in total. The van der Waals surface area contributed by atoms with Crippen LogP contribution in [0.3, 0.4) is 0 Å². The zero-order valence-corrected chi connectivity index (χ0v) is 40.1. The van der Waals surface area contributed by atoms with Crippen molar-refractivity contribution in [2.75, 3.05) is 39.6 Å². The molecule has 6 saturated heterocycles. The second-order valence-electron chi connectivity index (χ2n) is 19.1. The highest BCUT2D eigenvalue weighted by Crippen LogP contribution is 2.48. The Balaban J connectivity index is 1.30. The van der Waals surface area contributed by atoms with Crippen molar-refractivity contribution in [2.24, 2.45) is 5.92 Å². The van der Waals surface area contributed by atoms with Crippen molar-refractivity contribution in [1.82, 2.24) is 4.57 Å². The lowest BCUT2D eigenvalue weighted by Gasteiger charge is -2.32. The molecule has 6 aliphatic rings. The van der Waals surface area contributed by atoms with Crippen molar-refractivity contribution in [2.45, 2.75) is 199 Å². The minimum atomic E-state index is -0.631. The molecule has 3 aromatic rings. The minimum Gasteiger partial charge on any atom is -0.465 e. The molecule has 2 aromatic carbocycles. The van der Waals surface area contributed by atoms with Gasteiger partial charge in [-0.15, -0.1) is 0 Å². The lowest BCUT2D eigenvalue weighted by atomic mass is 9.97. The van der Waals surface area contributed by atoms with Crippen LogP contribution in [0.4, 0.5) is 0 Å². The molecule has 7 heterocycles. The van der Waals surface area contributed by atoms with E-state index in [1.54, 1.807) is 0 Å². The molecule has 0 spiro atoms. The van der Waals surface area contributed by atoms with Crippen molar-refractivity contribution in [3.63, 3.8) is 0 Å². The van der Waals surface area contributed by atoms with Crippen LogP contribution in [-0.2, 0) is 35.0 Å². The van der Waals surface area contributed by atoms with Gasteiger partial charge < -0.3 is 61.4 Å². The van der Waals surface area contributed by atoms with Crippen LogP contribution in [0.5, 0.6) is 34.5 Å². The highest BCUT2D eigenvalue weighted by atomic mass is 16.7. The van der Waals surface area contributed by atoms with E-state index in [0.717, 1.165) is 128 Å². The van der Waals surface area contributed by atoms with E-state index >= 15 is 4.79 Å². The average molecular weight is 934 g/mol. The summed E-state index contributed by atoms with van der Waals surface area (Å²) in [6, 6.07) is 7.75. The number of pyridine rings is 1. The van der Waals surface area contributed by atoms with Gasteiger partial charge in [0.1, 0.15) is 11.5 Å². The van der Waals surface area contributed by atoms with Crippen molar-refractivity contribution < 1.29 is 56.8 Å². The van der Waals surface area contributed by atoms with E-state index < -0.39 is 37.7 Å². The van der Waals surface area contributed by atoms with Crippen molar-refractivity contribution in [3.8, 4) is 45.8 Å². The van der Waals surface area contributed by atoms with E-state index in [9.17, 15) is 0 Å². The first-order chi connectivity index (χ1) is 33.0. The van der Waals surface area contributed by atoms with Crippen LogP contribution in [0, 0.1) is 5.92 Å². The number of hydrogen-bond donors (Lipinski definition) is 0. The summed E-state index contributed by atoms with van der Waals surface area (Å²) >= 11 is 0. The van der Waals surface area contributed by atoms with Gasteiger partial charge in [-0.1, -0.05) is 33.1 Å². The molecule has 0 radical (unpaired) electrons. The fourth-order valence-corrected chi connectivity index (χ4v) is 10.1. The topological polar surface area (TPSA) is 133 Å². The van der Waals surface area contributed by atoms with E-state index in [1.165, 1.54) is 0 Å². The molecular weight excluding hydrogens is 859 g/mol. The Kier molecular flexibility index (Phi) is 17.4. The quantitative estimate of drug-likeness (QED) is 0.113. The molecule has 6 aliphatic heterocycles. The third kappa shape index (κ3) is 12.5. The first kappa shape index (κ1) is 48.2. The number of rotatable bonds is 19. The number of nitrogens with zero attached hydrogens (tertiary/aromatic N) is 1. The predicted molar refractivity (Wildman–Crippen MR) is 252 cm³/mol. The lowest BCUT2D eigenvalue weighted by molar-refractivity contribution is -0.126. The number of ether oxygens (including phenoxy) is 12. The van der Waals surface area contributed by atoms with Gasteiger partial charge in [0.2, 0.25) is 11.2 Å². The van der Waals surface area contributed by atoms with Crippen LogP contribution in [0.1, 0.15) is 155 Å². The van der Waals surface area contributed by atoms with Crippen LogP contribution in [0.15, 0.2) is 29.1 Å². The van der Waals surface area contributed by atoms with Crippen LogP contribution in [0.25, 0.3) is 22.2 Å². The average Bonchev–Trinajstić information content (AvgIpc) is 3.37. The lowest BCUT2D eigenvalue weighted by Crippen LogP contribution is -2.30. The molecule has 1 aromatic heterocycles. The molecule has 0 aliphatic carbocycles. The Labute approximate surface area is 396 Å².